The highest BCUT2D eigenvalue weighted by atomic mass is 16.5. The zero-order valence-electron chi connectivity index (χ0n) is 13.7. The Labute approximate surface area is 129 Å². The number of hydrogen-bond acceptors (Lipinski definition) is 3. The number of primary amides is 1. The number of rotatable bonds is 10. The highest BCUT2D eigenvalue weighted by molar-refractivity contribution is 5.85. The second kappa shape index (κ2) is 7.59. The average molecular weight is 296 g/mol. The van der Waals surface area contributed by atoms with E-state index >= 15 is 0 Å². The first kappa shape index (κ1) is 16.8. The lowest BCUT2D eigenvalue weighted by Crippen LogP contribution is -2.58. The van der Waals surface area contributed by atoms with Crippen LogP contribution in [0.1, 0.15) is 65.2 Å². The van der Waals surface area contributed by atoms with E-state index in [1.807, 2.05) is 0 Å². The monoisotopic (exact) mass is 296 g/mol. The fourth-order valence-electron chi connectivity index (χ4n) is 3.57. The summed E-state index contributed by atoms with van der Waals surface area (Å²) in [6.07, 6.45) is 8.77. The summed E-state index contributed by atoms with van der Waals surface area (Å²) in [6, 6.07) is 0.519. The Kier molecular flexibility index (Phi) is 6.06. The van der Waals surface area contributed by atoms with Crippen molar-refractivity contribution in [2.45, 2.75) is 76.8 Å². The molecule has 0 saturated heterocycles. The lowest BCUT2D eigenvalue weighted by Gasteiger charge is -2.34. The Balaban J connectivity index is 1.73. The van der Waals surface area contributed by atoms with Crippen molar-refractivity contribution in [1.29, 1.82) is 0 Å². The summed E-state index contributed by atoms with van der Waals surface area (Å²) in [5.41, 5.74) is 5.29. The van der Waals surface area contributed by atoms with Gasteiger partial charge in [0, 0.05) is 19.3 Å². The Morgan fingerprint density at radius 3 is 2.71 bits per heavy atom. The summed E-state index contributed by atoms with van der Waals surface area (Å²) in [4.78, 5) is 12.0. The van der Waals surface area contributed by atoms with E-state index in [1.54, 1.807) is 0 Å². The van der Waals surface area contributed by atoms with Crippen LogP contribution in [0.2, 0.25) is 0 Å². The van der Waals surface area contributed by atoms with Crippen LogP contribution < -0.4 is 11.1 Å². The lowest BCUT2D eigenvalue weighted by molar-refractivity contribution is -0.126. The molecule has 0 heterocycles. The summed E-state index contributed by atoms with van der Waals surface area (Å²) in [5, 5.41) is 3.55. The fraction of sp³-hybridized carbons (Fsp3) is 0.941. The number of carbonyl (C=O) groups excluding carboxylic acids is 1. The number of hydrogen-bond donors (Lipinski definition) is 2. The third-order valence-corrected chi connectivity index (χ3v) is 4.98. The Hall–Kier alpha value is -0.610. The number of nitrogens with two attached hydrogens (primary N) is 1. The molecule has 4 heteroatoms. The molecule has 2 aliphatic carbocycles. The molecule has 0 aliphatic heterocycles. The van der Waals surface area contributed by atoms with E-state index in [0.29, 0.717) is 12.0 Å². The van der Waals surface area contributed by atoms with Gasteiger partial charge in [0.1, 0.15) is 5.54 Å². The normalized spacial score (nSPS) is 29.2. The van der Waals surface area contributed by atoms with Gasteiger partial charge in [-0.05, 0) is 56.8 Å². The zero-order chi connectivity index (χ0) is 15.3. The molecule has 0 bridgehead atoms. The van der Waals surface area contributed by atoms with Gasteiger partial charge < -0.3 is 15.8 Å². The highest BCUT2D eigenvalue weighted by Crippen LogP contribution is 2.40. The van der Waals surface area contributed by atoms with Crippen LogP contribution in [0.3, 0.4) is 0 Å². The van der Waals surface area contributed by atoms with Crippen LogP contribution in [-0.4, -0.2) is 30.7 Å². The van der Waals surface area contributed by atoms with E-state index in [0.717, 1.165) is 51.2 Å². The molecule has 3 N–H and O–H groups in total. The predicted molar refractivity (Wildman–Crippen MR) is 84.9 cm³/mol. The summed E-state index contributed by atoms with van der Waals surface area (Å²) in [7, 11) is 0. The molecule has 21 heavy (non-hydrogen) atoms. The first-order chi connectivity index (χ1) is 10.0. The van der Waals surface area contributed by atoms with Crippen molar-refractivity contribution in [3.63, 3.8) is 0 Å². The van der Waals surface area contributed by atoms with Crippen molar-refractivity contribution >= 4 is 5.91 Å². The molecule has 0 spiro atoms. The Morgan fingerprint density at radius 1 is 1.33 bits per heavy atom. The summed E-state index contributed by atoms with van der Waals surface area (Å²) in [5.74, 6) is 0.936. The summed E-state index contributed by atoms with van der Waals surface area (Å²) >= 11 is 0. The SMILES string of the molecule is CC(C)CCCOCCC1CCCC1(NC1CC1)C(N)=O. The molecular weight excluding hydrogens is 264 g/mol. The Morgan fingerprint density at radius 2 is 2.10 bits per heavy atom. The average Bonchev–Trinajstić information content (AvgIpc) is 3.13. The molecule has 2 fully saturated rings. The van der Waals surface area contributed by atoms with E-state index in [9.17, 15) is 4.79 Å². The molecule has 0 aromatic carbocycles. The van der Waals surface area contributed by atoms with E-state index in [-0.39, 0.29) is 5.91 Å². The van der Waals surface area contributed by atoms with E-state index in [4.69, 9.17) is 10.5 Å². The smallest absolute Gasteiger partial charge is 0.238 e. The quantitative estimate of drug-likeness (QED) is 0.609. The first-order valence-electron chi connectivity index (χ1n) is 8.70. The van der Waals surface area contributed by atoms with Crippen molar-refractivity contribution in [3.05, 3.63) is 0 Å². The van der Waals surface area contributed by atoms with Crippen LogP contribution in [0.15, 0.2) is 0 Å². The summed E-state index contributed by atoms with van der Waals surface area (Å²) in [6.45, 7) is 6.07. The zero-order valence-corrected chi connectivity index (χ0v) is 13.7. The highest BCUT2D eigenvalue weighted by Gasteiger charge is 2.49. The number of amides is 1. The molecular formula is C17H32N2O2. The van der Waals surface area contributed by atoms with Crippen LogP contribution in [0.5, 0.6) is 0 Å². The van der Waals surface area contributed by atoms with Gasteiger partial charge in [-0.15, -0.1) is 0 Å². The van der Waals surface area contributed by atoms with Gasteiger partial charge in [0.15, 0.2) is 0 Å². The molecule has 1 amide bonds. The van der Waals surface area contributed by atoms with Gasteiger partial charge in [-0.3, -0.25) is 4.79 Å². The van der Waals surface area contributed by atoms with Gasteiger partial charge in [0.2, 0.25) is 5.91 Å². The molecule has 4 nitrogen and oxygen atoms in total. The van der Waals surface area contributed by atoms with E-state index in [2.05, 4.69) is 19.2 Å². The molecule has 2 unspecified atom stereocenters. The number of nitrogens with one attached hydrogen (secondary N) is 1. The predicted octanol–water partition coefficient (Wildman–Crippen LogP) is 2.61. The van der Waals surface area contributed by atoms with Crippen LogP contribution in [0, 0.1) is 11.8 Å². The van der Waals surface area contributed by atoms with Gasteiger partial charge >= 0.3 is 0 Å². The molecule has 2 saturated carbocycles. The number of carbonyl (C=O) groups is 1. The Bertz CT molecular complexity index is 342. The molecule has 2 atom stereocenters. The van der Waals surface area contributed by atoms with Crippen molar-refractivity contribution < 1.29 is 9.53 Å². The molecule has 2 aliphatic rings. The molecule has 0 radical (unpaired) electrons. The van der Waals surface area contributed by atoms with Gasteiger partial charge in [-0.2, -0.15) is 0 Å². The molecule has 122 valence electrons. The minimum Gasteiger partial charge on any atom is -0.381 e. The standard InChI is InChI=1S/C17H32N2O2/c1-13(2)5-4-11-21-12-9-14-6-3-10-17(14,16(18)20)19-15-7-8-15/h13-15,19H,3-12H2,1-2H3,(H2,18,20). The minimum atomic E-state index is -0.456. The third kappa shape index (κ3) is 4.68. The molecule has 2 rings (SSSR count). The van der Waals surface area contributed by atoms with Crippen LogP contribution >= 0.6 is 0 Å². The van der Waals surface area contributed by atoms with Crippen molar-refractivity contribution in [3.8, 4) is 0 Å². The van der Waals surface area contributed by atoms with Crippen molar-refractivity contribution in [2.24, 2.45) is 17.6 Å². The van der Waals surface area contributed by atoms with E-state index in [1.165, 1.54) is 19.3 Å². The van der Waals surface area contributed by atoms with Gasteiger partial charge in [-0.25, -0.2) is 0 Å². The third-order valence-electron chi connectivity index (χ3n) is 4.98. The van der Waals surface area contributed by atoms with Crippen LogP contribution in [-0.2, 0) is 9.53 Å². The maximum Gasteiger partial charge on any atom is 0.238 e. The second-order valence-electron chi connectivity index (χ2n) is 7.28. The van der Waals surface area contributed by atoms with Crippen LogP contribution in [0.4, 0.5) is 0 Å². The van der Waals surface area contributed by atoms with Crippen molar-refractivity contribution in [2.75, 3.05) is 13.2 Å². The van der Waals surface area contributed by atoms with Gasteiger partial charge in [0.25, 0.3) is 0 Å². The minimum absolute atomic E-state index is 0.156. The topological polar surface area (TPSA) is 64.3 Å². The van der Waals surface area contributed by atoms with Crippen LogP contribution in [0.25, 0.3) is 0 Å². The summed E-state index contributed by atoms with van der Waals surface area (Å²) < 4.78 is 5.76. The second-order valence-corrected chi connectivity index (χ2v) is 7.28. The fourth-order valence-corrected chi connectivity index (χ4v) is 3.57. The van der Waals surface area contributed by atoms with Gasteiger partial charge in [-0.1, -0.05) is 20.3 Å². The number of ether oxygens (including phenoxy) is 1. The van der Waals surface area contributed by atoms with E-state index < -0.39 is 5.54 Å². The molecule has 0 aromatic heterocycles. The largest absolute Gasteiger partial charge is 0.381 e. The van der Waals surface area contributed by atoms with Crippen molar-refractivity contribution in [1.82, 2.24) is 5.32 Å². The lowest BCUT2D eigenvalue weighted by atomic mass is 9.84. The maximum atomic E-state index is 12.0. The maximum absolute atomic E-state index is 12.0. The molecule has 0 aromatic rings. The first-order valence-corrected chi connectivity index (χ1v) is 8.70. The van der Waals surface area contributed by atoms with Gasteiger partial charge in [0.05, 0.1) is 0 Å².